The van der Waals surface area contributed by atoms with Crippen LogP contribution in [0.5, 0.6) is 11.5 Å². The third kappa shape index (κ3) is 4.50. The molecule has 0 unspecified atom stereocenters. The molecule has 1 saturated heterocycles. The molecule has 0 radical (unpaired) electrons. The number of fused-ring (bicyclic) bond motifs is 2. The van der Waals surface area contributed by atoms with Gasteiger partial charge in [-0.25, -0.2) is 4.79 Å². The highest BCUT2D eigenvalue weighted by Gasteiger charge is 2.50. The summed E-state index contributed by atoms with van der Waals surface area (Å²) in [6.07, 6.45) is -4.75. The Morgan fingerprint density at radius 1 is 1.05 bits per heavy atom. The van der Waals surface area contributed by atoms with Gasteiger partial charge in [-0.05, 0) is 44.2 Å². The first kappa shape index (κ1) is 25.7. The van der Waals surface area contributed by atoms with Crippen molar-refractivity contribution >= 4 is 33.5 Å². The molecule has 0 bridgehead atoms. The minimum Gasteiger partial charge on any atom is -0.490 e. The van der Waals surface area contributed by atoms with E-state index in [1.165, 1.54) is 20.3 Å². The van der Waals surface area contributed by atoms with Crippen LogP contribution < -0.4 is 20.4 Å². The van der Waals surface area contributed by atoms with E-state index in [-0.39, 0.29) is 22.8 Å². The van der Waals surface area contributed by atoms with Gasteiger partial charge in [0, 0.05) is 23.4 Å². The minimum absolute atomic E-state index is 0.0570. The second kappa shape index (κ2) is 9.76. The van der Waals surface area contributed by atoms with Gasteiger partial charge in [-0.1, -0.05) is 18.2 Å². The van der Waals surface area contributed by atoms with Crippen molar-refractivity contribution in [3.63, 3.8) is 0 Å². The summed E-state index contributed by atoms with van der Waals surface area (Å²) in [6, 6.07) is 13.7. The number of aliphatic hydroxyl groups is 2. The predicted molar refractivity (Wildman–Crippen MR) is 138 cm³/mol. The molecule has 2 aromatic heterocycles. The molecule has 1 fully saturated rings. The van der Waals surface area contributed by atoms with Gasteiger partial charge in [0.2, 0.25) is 12.0 Å². The highest BCUT2D eigenvalue weighted by molar-refractivity contribution is 6.06. The van der Waals surface area contributed by atoms with Crippen LogP contribution in [-0.2, 0) is 9.47 Å². The Kier molecular flexibility index (Phi) is 6.61. The quantitative estimate of drug-likeness (QED) is 0.279. The van der Waals surface area contributed by atoms with Crippen LogP contribution in [0.15, 0.2) is 57.7 Å². The average molecular weight is 525 g/mol. The number of benzene rings is 2. The van der Waals surface area contributed by atoms with Crippen LogP contribution in [0.4, 0.5) is 5.69 Å². The standard InChI is InChI=1S/C27H28N2O9/c1-27(2)23(35-4)19(30)20(31)26(38-27)36-18-10-9-14-12-17(25(33)37-21(14)22(18)34-3)29-24(32)16-11-13-7-5-6-8-15(13)28-16/h5-12,19-20,23,26,28,30-31H,1-4H3,(H,29,32)/t19-,20+,23+,26+/m0/s1. The molecular formula is C27H28N2O9. The second-order valence-electron chi connectivity index (χ2n) is 9.53. The lowest BCUT2D eigenvalue weighted by Gasteiger charge is -2.46. The number of hydrogen-bond donors (Lipinski definition) is 4. The monoisotopic (exact) mass is 524 g/mol. The number of carbonyl (C=O) groups is 1. The fourth-order valence-electron chi connectivity index (χ4n) is 4.73. The predicted octanol–water partition coefficient (Wildman–Crippen LogP) is 2.79. The number of methoxy groups -OCH3 is 2. The van der Waals surface area contributed by atoms with Crippen molar-refractivity contribution in [2.75, 3.05) is 19.5 Å². The molecule has 38 heavy (non-hydrogen) atoms. The summed E-state index contributed by atoms with van der Waals surface area (Å²) in [4.78, 5) is 28.6. The zero-order valence-corrected chi connectivity index (χ0v) is 21.2. The normalized spacial score (nSPS) is 22.9. The molecule has 200 valence electrons. The van der Waals surface area contributed by atoms with Crippen LogP contribution in [0.25, 0.3) is 21.9 Å². The number of rotatable bonds is 6. The summed E-state index contributed by atoms with van der Waals surface area (Å²) >= 11 is 0. The van der Waals surface area contributed by atoms with Gasteiger partial charge in [0.15, 0.2) is 11.3 Å². The van der Waals surface area contributed by atoms with E-state index in [1.807, 2.05) is 24.3 Å². The lowest BCUT2D eigenvalue weighted by molar-refractivity contribution is -0.306. The van der Waals surface area contributed by atoms with Gasteiger partial charge in [0.05, 0.1) is 12.7 Å². The molecule has 4 atom stereocenters. The molecule has 0 saturated carbocycles. The van der Waals surface area contributed by atoms with Gasteiger partial charge >= 0.3 is 5.63 Å². The van der Waals surface area contributed by atoms with Crippen LogP contribution >= 0.6 is 0 Å². The van der Waals surface area contributed by atoms with Gasteiger partial charge in [0.25, 0.3) is 5.91 Å². The number of nitrogens with one attached hydrogen (secondary N) is 2. The average Bonchev–Trinajstić information content (AvgIpc) is 3.32. The van der Waals surface area contributed by atoms with Crippen molar-refractivity contribution < 1.29 is 38.4 Å². The zero-order valence-electron chi connectivity index (χ0n) is 21.2. The van der Waals surface area contributed by atoms with E-state index < -0.39 is 41.7 Å². The third-order valence-electron chi connectivity index (χ3n) is 6.59. The molecule has 3 heterocycles. The molecule has 1 aliphatic heterocycles. The number of para-hydroxylation sites is 1. The molecule has 11 nitrogen and oxygen atoms in total. The molecule has 0 spiro atoms. The van der Waals surface area contributed by atoms with Crippen LogP contribution in [0, 0.1) is 0 Å². The first-order valence-electron chi connectivity index (χ1n) is 11.9. The Hall–Kier alpha value is -3.90. The molecular weight excluding hydrogens is 496 g/mol. The topological polar surface area (TPSA) is 152 Å². The summed E-state index contributed by atoms with van der Waals surface area (Å²) in [6.45, 7) is 3.41. The number of amides is 1. The van der Waals surface area contributed by atoms with E-state index in [0.29, 0.717) is 11.1 Å². The summed E-state index contributed by atoms with van der Waals surface area (Å²) < 4.78 is 28.0. The number of H-pyrrole nitrogens is 1. The molecule has 1 amide bonds. The van der Waals surface area contributed by atoms with Crippen molar-refractivity contribution in [2.24, 2.45) is 0 Å². The Balaban J connectivity index is 1.43. The van der Waals surface area contributed by atoms with Gasteiger partial charge < -0.3 is 43.9 Å². The summed E-state index contributed by atoms with van der Waals surface area (Å²) in [7, 11) is 2.78. The fourth-order valence-corrected chi connectivity index (χ4v) is 4.73. The van der Waals surface area contributed by atoms with Gasteiger partial charge in [0.1, 0.15) is 29.7 Å². The number of aromatic amines is 1. The first-order valence-corrected chi connectivity index (χ1v) is 11.9. The van der Waals surface area contributed by atoms with Crippen molar-refractivity contribution in [3.05, 3.63) is 64.6 Å². The van der Waals surface area contributed by atoms with Gasteiger partial charge in [-0.15, -0.1) is 0 Å². The molecule has 4 aromatic rings. The highest BCUT2D eigenvalue weighted by Crippen LogP contribution is 2.39. The highest BCUT2D eigenvalue weighted by atomic mass is 16.7. The maximum absolute atomic E-state index is 12.8. The minimum atomic E-state index is -1.43. The van der Waals surface area contributed by atoms with E-state index in [1.54, 1.807) is 32.0 Å². The molecule has 5 rings (SSSR count). The maximum atomic E-state index is 12.8. The van der Waals surface area contributed by atoms with Crippen molar-refractivity contribution in [3.8, 4) is 11.5 Å². The van der Waals surface area contributed by atoms with Crippen LogP contribution in [0.3, 0.4) is 0 Å². The second-order valence-corrected chi connectivity index (χ2v) is 9.53. The summed E-state index contributed by atoms with van der Waals surface area (Å²) in [5.41, 5.74) is -0.685. The molecule has 4 N–H and O–H groups in total. The number of carbonyl (C=O) groups excluding carboxylic acids is 1. The van der Waals surface area contributed by atoms with Crippen molar-refractivity contribution in [1.29, 1.82) is 0 Å². The molecule has 11 heteroatoms. The van der Waals surface area contributed by atoms with E-state index in [2.05, 4.69) is 10.3 Å². The van der Waals surface area contributed by atoms with Gasteiger partial charge in [-0.3, -0.25) is 4.79 Å². The van der Waals surface area contributed by atoms with Crippen molar-refractivity contribution in [2.45, 2.75) is 44.1 Å². The van der Waals surface area contributed by atoms with Crippen LogP contribution in [-0.4, -0.2) is 65.5 Å². The Morgan fingerprint density at radius 2 is 1.82 bits per heavy atom. The number of ether oxygens (including phenoxy) is 4. The maximum Gasteiger partial charge on any atom is 0.360 e. The van der Waals surface area contributed by atoms with E-state index in [0.717, 1.165) is 10.9 Å². The fraction of sp³-hybridized carbons (Fsp3) is 0.333. The number of aliphatic hydroxyl groups excluding tert-OH is 2. The first-order chi connectivity index (χ1) is 18.1. The van der Waals surface area contributed by atoms with Crippen LogP contribution in [0.1, 0.15) is 24.3 Å². The number of hydrogen-bond acceptors (Lipinski definition) is 9. The third-order valence-corrected chi connectivity index (χ3v) is 6.59. The summed E-state index contributed by atoms with van der Waals surface area (Å²) in [5.74, 6) is -0.315. The molecule has 1 aliphatic rings. The van der Waals surface area contributed by atoms with Crippen molar-refractivity contribution in [1.82, 2.24) is 4.98 Å². The number of anilines is 1. The van der Waals surface area contributed by atoms with E-state index in [4.69, 9.17) is 23.4 Å². The Morgan fingerprint density at radius 3 is 2.53 bits per heavy atom. The smallest absolute Gasteiger partial charge is 0.360 e. The summed E-state index contributed by atoms with van der Waals surface area (Å²) in [5, 5.41) is 25.0. The lowest BCUT2D eigenvalue weighted by atomic mass is 9.89. The van der Waals surface area contributed by atoms with Crippen LogP contribution in [0.2, 0.25) is 0 Å². The molecule has 0 aliphatic carbocycles. The zero-order chi connectivity index (χ0) is 27.2. The molecule has 2 aromatic carbocycles. The number of aromatic nitrogens is 1. The SMILES string of the molecule is COc1c(O[C@@H]2OC(C)(C)[C@H](OC)[C@@H](O)[C@H]2O)ccc2cc(NC(=O)c3cc4ccccc4[nH]3)c(=O)oc12. The van der Waals surface area contributed by atoms with Gasteiger partial charge in [-0.2, -0.15) is 0 Å². The lowest BCUT2D eigenvalue weighted by Crippen LogP contribution is -2.63. The van der Waals surface area contributed by atoms with E-state index >= 15 is 0 Å². The van der Waals surface area contributed by atoms with E-state index in [9.17, 15) is 19.8 Å². The Bertz CT molecular complexity index is 1520. The Labute approximate surface area is 216 Å². The largest absolute Gasteiger partial charge is 0.490 e.